The lowest BCUT2D eigenvalue weighted by Gasteiger charge is -2.31. The number of benzene rings is 1. The summed E-state index contributed by atoms with van der Waals surface area (Å²) in [7, 11) is 0. The van der Waals surface area contributed by atoms with Crippen molar-refractivity contribution >= 4 is 11.6 Å². The summed E-state index contributed by atoms with van der Waals surface area (Å²) in [5, 5.41) is 4.14. The minimum atomic E-state index is 0.160. The number of ether oxygens (including phenoxy) is 1. The summed E-state index contributed by atoms with van der Waals surface area (Å²) in [4.78, 5) is 0. The van der Waals surface area contributed by atoms with Crippen LogP contribution >= 0.6 is 11.6 Å². The molecular weight excluding hydrogens is 246 g/mol. The lowest BCUT2D eigenvalue weighted by Crippen LogP contribution is -2.44. The third-order valence-corrected chi connectivity index (χ3v) is 3.28. The highest BCUT2D eigenvalue weighted by Crippen LogP contribution is 2.27. The largest absolute Gasteiger partial charge is 0.490 e. The topological polar surface area (TPSA) is 21.3 Å². The maximum absolute atomic E-state index is 6.16. The number of hydrogen-bond acceptors (Lipinski definition) is 2. The Labute approximate surface area is 116 Å². The number of hydrogen-bond donors (Lipinski definition) is 1. The smallest absolute Gasteiger partial charge is 0.137 e. The second-order valence-electron chi connectivity index (χ2n) is 5.72. The first-order valence-corrected chi connectivity index (χ1v) is 6.84. The molecule has 0 radical (unpaired) electrons. The van der Waals surface area contributed by atoms with Gasteiger partial charge in [0.15, 0.2) is 0 Å². The van der Waals surface area contributed by atoms with E-state index >= 15 is 0 Å². The maximum atomic E-state index is 6.16. The van der Waals surface area contributed by atoms with Gasteiger partial charge in [-0.25, -0.2) is 0 Å². The molecule has 0 bridgehead atoms. The van der Waals surface area contributed by atoms with Crippen LogP contribution in [0.3, 0.4) is 0 Å². The molecule has 0 saturated heterocycles. The molecule has 1 N–H and O–H groups in total. The van der Waals surface area contributed by atoms with Gasteiger partial charge in [0.25, 0.3) is 0 Å². The summed E-state index contributed by atoms with van der Waals surface area (Å²) in [6.07, 6.45) is 0. The summed E-state index contributed by atoms with van der Waals surface area (Å²) >= 11 is 6.16. The van der Waals surface area contributed by atoms with E-state index in [1.165, 1.54) is 0 Å². The Morgan fingerprint density at radius 1 is 1.33 bits per heavy atom. The van der Waals surface area contributed by atoms with Crippen molar-refractivity contribution in [3.63, 3.8) is 0 Å². The van der Waals surface area contributed by atoms with Crippen molar-refractivity contribution in [3.05, 3.63) is 28.8 Å². The Bertz CT molecular complexity index is 385. The fourth-order valence-electron chi connectivity index (χ4n) is 1.76. The fraction of sp³-hybridized carbons (Fsp3) is 0.600. The Kier molecular flexibility index (Phi) is 5.48. The molecule has 0 saturated carbocycles. The molecule has 1 unspecified atom stereocenters. The van der Waals surface area contributed by atoms with Gasteiger partial charge in [0.2, 0.25) is 0 Å². The Hall–Kier alpha value is -0.730. The van der Waals surface area contributed by atoms with Gasteiger partial charge < -0.3 is 10.1 Å². The lowest BCUT2D eigenvalue weighted by atomic mass is 9.87. The molecule has 18 heavy (non-hydrogen) atoms. The molecule has 102 valence electrons. The second-order valence-corrected chi connectivity index (χ2v) is 6.13. The Morgan fingerprint density at radius 2 is 2.00 bits per heavy atom. The third kappa shape index (κ3) is 4.51. The predicted octanol–water partition coefficient (Wildman–Crippen LogP) is 4.05. The molecule has 0 aliphatic rings. The van der Waals surface area contributed by atoms with Crippen molar-refractivity contribution in [2.45, 2.75) is 40.7 Å². The number of rotatable bonds is 5. The first kappa shape index (κ1) is 15.3. The van der Waals surface area contributed by atoms with Gasteiger partial charge in [0.05, 0.1) is 5.02 Å². The van der Waals surface area contributed by atoms with Gasteiger partial charge in [-0.05, 0) is 36.6 Å². The van der Waals surface area contributed by atoms with E-state index in [-0.39, 0.29) is 5.41 Å². The van der Waals surface area contributed by atoms with E-state index in [2.05, 4.69) is 33.0 Å². The van der Waals surface area contributed by atoms with Crippen LogP contribution in [0.1, 0.15) is 33.3 Å². The van der Waals surface area contributed by atoms with Crippen LogP contribution in [-0.2, 0) is 0 Å². The van der Waals surface area contributed by atoms with Crippen LogP contribution in [0.4, 0.5) is 0 Å². The average molecular weight is 270 g/mol. The SMILES string of the molecule is CCNC(COc1ccc(C)cc1Cl)C(C)(C)C. The molecule has 0 aliphatic heterocycles. The quantitative estimate of drug-likeness (QED) is 0.871. The first-order valence-electron chi connectivity index (χ1n) is 6.47. The van der Waals surface area contributed by atoms with E-state index in [4.69, 9.17) is 16.3 Å². The van der Waals surface area contributed by atoms with Gasteiger partial charge in [0, 0.05) is 6.04 Å². The standard InChI is InChI=1S/C15H24ClNO/c1-6-17-14(15(3,4)5)10-18-13-8-7-11(2)9-12(13)16/h7-9,14,17H,6,10H2,1-5H3. The van der Waals surface area contributed by atoms with Gasteiger partial charge >= 0.3 is 0 Å². The monoisotopic (exact) mass is 269 g/mol. The van der Waals surface area contributed by atoms with Crippen molar-refractivity contribution in [2.24, 2.45) is 5.41 Å². The zero-order chi connectivity index (χ0) is 13.8. The van der Waals surface area contributed by atoms with Crippen molar-refractivity contribution < 1.29 is 4.74 Å². The summed E-state index contributed by atoms with van der Waals surface area (Å²) in [6.45, 7) is 12.3. The Balaban J connectivity index is 2.67. The van der Waals surface area contributed by atoms with Crippen molar-refractivity contribution in [1.82, 2.24) is 5.32 Å². The number of nitrogens with one attached hydrogen (secondary N) is 1. The summed E-state index contributed by atoms with van der Waals surface area (Å²) in [6, 6.07) is 6.18. The molecule has 1 atom stereocenters. The van der Waals surface area contributed by atoms with E-state index < -0.39 is 0 Å². The Morgan fingerprint density at radius 3 is 2.50 bits per heavy atom. The maximum Gasteiger partial charge on any atom is 0.137 e. The molecule has 0 heterocycles. The van der Waals surface area contributed by atoms with Gasteiger partial charge in [-0.1, -0.05) is 45.4 Å². The molecule has 1 aromatic rings. The predicted molar refractivity (Wildman–Crippen MR) is 78.6 cm³/mol. The van der Waals surface area contributed by atoms with Crippen LogP contribution in [0.5, 0.6) is 5.75 Å². The molecule has 1 aromatic carbocycles. The molecule has 2 nitrogen and oxygen atoms in total. The normalized spacial score (nSPS) is 13.4. The first-order chi connectivity index (χ1) is 8.34. The molecule has 0 aromatic heterocycles. The highest BCUT2D eigenvalue weighted by atomic mass is 35.5. The number of halogens is 1. The second kappa shape index (κ2) is 6.44. The average Bonchev–Trinajstić information content (AvgIpc) is 2.24. The lowest BCUT2D eigenvalue weighted by molar-refractivity contribution is 0.176. The highest BCUT2D eigenvalue weighted by Gasteiger charge is 2.24. The number of likely N-dealkylation sites (N-methyl/N-ethyl adjacent to an activating group) is 1. The molecule has 0 spiro atoms. The molecule has 0 fully saturated rings. The van der Waals surface area contributed by atoms with E-state index in [0.717, 1.165) is 17.9 Å². The summed E-state index contributed by atoms with van der Waals surface area (Å²) < 4.78 is 5.84. The van der Waals surface area contributed by atoms with Crippen molar-refractivity contribution in [2.75, 3.05) is 13.2 Å². The van der Waals surface area contributed by atoms with Crippen LogP contribution in [0, 0.1) is 12.3 Å². The highest BCUT2D eigenvalue weighted by molar-refractivity contribution is 6.32. The van der Waals surface area contributed by atoms with E-state index in [1.807, 2.05) is 25.1 Å². The van der Waals surface area contributed by atoms with E-state index in [9.17, 15) is 0 Å². The van der Waals surface area contributed by atoms with E-state index in [0.29, 0.717) is 17.7 Å². The van der Waals surface area contributed by atoms with Crippen LogP contribution in [-0.4, -0.2) is 19.2 Å². The summed E-state index contributed by atoms with van der Waals surface area (Å²) in [5.41, 5.74) is 1.30. The van der Waals surface area contributed by atoms with Gasteiger partial charge in [-0.3, -0.25) is 0 Å². The number of aryl methyl sites for hydroxylation is 1. The van der Waals surface area contributed by atoms with Crippen LogP contribution in [0.15, 0.2) is 18.2 Å². The van der Waals surface area contributed by atoms with Gasteiger partial charge in [-0.2, -0.15) is 0 Å². The fourth-order valence-corrected chi connectivity index (χ4v) is 2.05. The van der Waals surface area contributed by atoms with Gasteiger partial charge in [0.1, 0.15) is 12.4 Å². The molecule has 0 amide bonds. The molecular formula is C15H24ClNO. The van der Waals surface area contributed by atoms with Gasteiger partial charge in [-0.15, -0.1) is 0 Å². The van der Waals surface area contributed by atoms with Crippen molar-refractivity contribution in [1.29, 1.82) is 0 Å². The summed E-state index contributed by atoms with van der Waals surface area (Å²) in [5.74, 6) is 0.759. The molecule has 3 heteroatoms. The molecule has 1 rings (SSSR count). The zero-order valence-corrected chi connectivity index (χ0v) is 12.8. The molecule has 0 aliphatic carbocycles. The zero-order valence-electron chi connectivity index (χ0n) is 12.0. The van der Waals surface area contributed by atoms with Crippen molar-refractivity contribution in [3.8, 4) is 5.75 Å². The van der Waals surface area contributed by atoms with Crippen LogP contribution in [0.25, 0.3) is 0 Å². The minimum absolute atomic E-state index is 0.160. The van der Waals surface area contributed by atoms with E-state index in [1.54, 1.807) is 0 Å². The third-order valence-electron chi connectivity index (χ3n) is 2.99. The van der Waals surface area contributed by atoms with Crippen LogP contribution in [0.2, 0.25) is 5.02 Å². The minimum Gasteiger partial charge on any atom is -0.490 e. The van der Waals surface area contributed by atoms with Crippen LogP contribution < -0.4 is 10.1 Å².